The van der Waals surface area contributed by atoms with E-state index < -0.39 is 0 Å². The van der Waals surface area contributed by atoms with E-state index >= 15 is 0 Å². The summed E-state index contributed by atoms with van der Waals surface area (Å²) in [5, 5.41) is 19.2. The minimum atomic E-state index is -0.205. The summed E-state index contributed by atoms with van der Waals surface area (Å²) in [5.41, 5.74) is 15.7. The van der Waals surface area contributed by atoms with Crippen molar-refractivity contribution in [2.75, 3.05) is 11.5 Å². The number of imidazole rings is 1. The van der Waals surface area contributed by atoms with Gasteiger partial charge in [0, 0.05) is 5.56 Å². The molecule has 0 atom stereocenters. The van der Waals surface area contributed by atoms with Gasteiger partial charge in [0.2, 0.25) is 0 Å². The summed E-state index contributed by atoms with van der Waals surface area (Å²) in [7, 11) is 0. The van der Waals surface area contributed by atoms with Gasteiger partial charge in [0.15, 0.2) is 23.0 Å². The van der Waals surface area contributed by atoms with Gasteiger partial charge in [-0.15, -0.1) is 0 Å². The van der Waals surface area contributed by atoms with Crippen molar-refractivity contribution in [3.05, 3.63) is 42.6 Å². The van der Waals surface area contributed by atoms with Gasteiger partial charge < -0.3 is 21.7 Å². The summed E-state index contributed by atoms with van der Waals surface area (Å²) in [6, 6.07) is 10.0. The van der Waals surface area contributed by atoms with Crippen LogP contribution in [0.5, 0.6) is 11.5 Å². The number of nitrogen functional groups attached to an aromatic ring is 2. The summed E-state index contributed by atoms with van der Waals surface area (Å²) >= 11 is 0. The fraction of sp³-hybridized carbons (Fsp3) is 0. The van der Waals surface area contributed by atoms with Crippen LogP contribution in [0.2, 0.25) is 0 Å². The number of anilines is 2. The van der Waals surface area contributed by atoms with Crippen LogP contribution in [-0.4, -0.2) is 24.6 Å². The van der Waals surface area contributed by atoms with E-state index in [-0.39, 0.29) is 17.3 Å². The molecular formula is C16H13N5O2. The summed E-state index contributed by atoms with van der Waals surface area (Å²) in [6.07, 6.45) is 1.64. The molecule has 6 N–H and O–H groups in total. The van der Waals surface area contributed by atoms with Crippen LogP contribution in [0, 0.1) is 0 Å². The third-order valence-corrected chi connectivity index (χ3v) is 3.78. The minimum absolute atomic E-state index is 0.183. The van der Waals surface area contributed by atoms with Gasteiger partial charge in [0.1, 0.15) is 5.52 Å². The highest BCUT2D eigenvalue weighted by molar-refractivity contribution is 5.92. The molecule has 0 unspecified atom stereocenters. The Bertz CT molecular complexity index is 1070. The molecule has 0 fully saturated rings. The molecule has 2 heterocycles. The topological polar surface area (TPSA) is 123 Å². The summed E-state index contributed by atoms with van der Waals surface area (Å²) in [6.45, 7) is 0. The van der Waals surface area contributed by atoms with Crippen molar-refractivity contribution in [2.24, 2.45) is 0 Å². The van der Waals surface area contributed by atoms with E-state index in [9.17, 15) is 10.2 Å². The molecule has 2 aromatic heterocycles. The fourth-order valence-electron chi connectivity index (χ4n) is 2.68. The van der Waals surface area contributed by atoms with Gasteiger partial charge in [-0.05, 0) is 30.3 Å². The zero-order valence-electron chi connectivity index (χ0n) is 11.9. The Morgan fingerprint density at radius 3 is 2.61 bits per heavy atom. The van der Waals surface area contributed by atoms with E-state index in [4.69, 9.17) is 11.5 Å². The molecule has 23 heavy (non-hydrogen) atoms. The number of benzene rings is 2. The van der Waals surface area contributed by atoms with Crippen molar-refractivity contribution >= 4 is 28.2 Å². The number of fused-ring (bicyclic) bond motifs is 3. The van der Waals surface area contributed by atoms with Crippen LogP contribution in [0.3, 0.4) is 0 Å². The standard InChI is InChI=1S/C16H13N5O2/c17-9-2-1-3-10-14(9)20-15(18)16-19-7-11(21(10)16)8-4-5-12(22)13(23)6-8/h1-7,22-23H,17H2,(H2,18,20). The molecule has 0 aliphatic heterocycles. The lowest BCUT2D eigenvalue weighted by molar-refractivity contribution is 0.404. The number of aromatic nitrogens is 3. The van der Waals surface area contributed by atoms with Gasteiger partial charge in [-0.3, -0.25) is 4.40 Å². The lowest BCUT2D eigenvalue weighted by Gasteiger charge is -2.09. The second kappa shape index (κ2) is 4.51. The maximum Gasteiger partial charge on any atom is 0.180 e. The molecule has 0 aliphatic rings. The third kappa shape index (κ3) is 1.83. The van der Waals surface area contributed by atoms with E-state index in [0.29, 0.717) is 28.1 Å². The summed E-state index contributed by atoms with van der Waals surface area (Å²) in [4.78, 5) is 8.64. The highest BCUT2D eigenvalue weighted by atomic mass is 16.3. The van der Waals surface area contributed by atoms with E-state index in [1.165, 1.54) is 12.1 Å². The van der Waals surface area contributed by atoms with Gasteiger partial charge in [0.25, 0.3) is 0 Å². The number of nitrogens with two attached hydrogens (primary N) is 2. The molecule has 114 valence electrons. The van der Waals surface area contributed by atoms with Crippen LogP contribution in [-0.2, 0) is 0 Å². The van der Waals surface area contributed by atoms with Crippen LogP contribution < -0.4 is 11.5 Å². The number of phenols is 2. The van der Waals surface area contributed by atoms with Crippen LogP contribution in [0.25, 0.3) is 27.9 Å². The van der Waals surface area contributed by atoms with Crippen LogP contribution in [0.15, 0.2) is 42.6 Å². The first-order valence-electron chi connectivity index (χ1n) is 6.90. The van der Waals surface area contributed by atoms with E-state index in [0.717, 1.165) is 5.52 Å². The Morgan fingerprint density at radius 2 is 1.83 bits per heavy atom. The molecular weight excluding hydrogens is 294 g/mol. The van der Waals surface area contributed by atoms with Crippen molar-refractivity contribution in [3.8, 4) is 22.8 Å². The maximum absolute atomic E-state index is 9.75. The van der Waals surface area contributed by atoms with Crippen LogP contribution in [0.4, 0.5) is 11.5 Å². The third-order valence-electron chi connectivity index (χ3n) is 3.78. The number of para-hydroxylation sites is 1. The van der Waals surface area contributed by atoms with E-state index in [1.54, 1.807) is 18.3 Å². The number of hydrogen-bond acceptors (Lipinski definition) is 6. The van der Waals surface area contributed by atoms with Crippen molar-refractivity contribution in [2.45, 2.75) is 0 Å². The zero-order valence-corrected chi connectivity index (χ0v) is 11.9. The second-order valence-corrected chi connectivity index (χ2v) is 5.22. The SMILES string of the molecule is Nc1cccc2c1nc(N)c1ncc(-c3ccc(O)c(O)c3)n12. The lowest BCUT2D eigenvalue weighted by Crippen LogP contribution is -2.02. The zero-order chi connectivity index (χ0) is 16.1. The van der Waals surface area contributed by atoms with Gasteiger partial charge >= 0.3 is 0 Å². The summed E-state index contributed by atoms with van der Waals surface area (Å²) < 4.78 is 1.83. The molecule has 0 saturated heterocycles. The molecule has 4 aromatic rings. The number of nitrogens with zero attached hydrogens (tertiary/aromatic N) is 3. The average molecular weight is 307 g/mol. The normalized spacial score (nSPS) is 11.3. The van der Waals surface area contributed by atoms with Crippen molar-refractivity contribution < 1.29 is 10.2 Å². The molecule has 7 heteroatoms. The Hall–Kier alpha value is -3.48. The largest absolute Gasteiger partial charge is 0.504 e. The molecule has 7 nitrogen and oxygen atoms in total. The quantitative estimate of drug-likeness (QED) is 0.315. The molecule has 0 saturated carbocycles. The van der Waals surface area contributed by atoms with Gasteiger partial charge in [-0.1, -0.05) is 6.07 Å². The minimum Gasteiger partial charge on any atom is -0.504 e. The average Bonchev–Trinajstić information content (AvgIpc) is 2.97. The lowest BCUT2D eigenvalue weighted by atomic mass is 10.1. The number of phenolic OH excluding ortho intramolecular Hbond substituents is 2. The molecule has 0 amide bonds. The highest BCUT2D eigenvalue weighted by Crippen LogP contribution is 2.33. The van der Waals surface area contributed by atoms with Crippen molar-refractivity contribution in [3.63, 3.8) is 0 Å². The maximum atomic E-state index is 9.75. The smallest absolute Gasteiger partial charge is 0.180 e. The first kappa shape index (κ1) is 13.2. The molecule has 2 aromatic carbocycles. The highest BCUT2D eigenvalue weighted by Gasteiger charge is 2.15. The second-order valence-electron chi connectivity index (χ2n) is 5.22. The molecule has 0 bridgehead atoms. The van der Waals surface area contributed by atoms with Crippen LogP contribution >= 0.6 is 0 Å². The molecule has 0 radical (unpaired) electrons. The number of hydrogen-bond donors (Lipinski definition) is 4. The number of rotatable bonds is 1. The summed E-state index contributed by atoms with van der Waals surface area (Å²) in [5.74, 6) is -0.120. The van der Waals surface area contributed by atoms with Gasteiger partial charge in [0.05, 0.1) is 23.1 Å². The predicted molar refractivity (Wildman–Crippen MR) is 88.1 cm³/mol. The van der Waals surface area contributed by atoms with E-state index in [2.05, 4.69) is 9.97 Å². The monoisotopic (exact) mass is 307 g/mol. The van der Waals surface area contributed by atoms with Crippen LogP contribution in [0.1, 0.15) is 0 Å². The molecule has 0 spiro atoms. The fourth-order valence-corrected chi connectivity index (χ4v) is 2.68. The molecule has 0 aliphatic carbocycles. The van der Waals surface area contributed by atoms with Crippen molar-refractivity contribution in [1.29, 1.82) is 0 Å². The van der Waals surface area contributed by atoms with Gasteiger partial charge in [-0.25, -0.2) is 9.97 Å². The first-order chi connectivity index (χ1) is 11.1. The Labute approximate surface area is 130 Å². The Balaban J connectivity index is 2.14. The van der Waals surface area contributed by atoms with E-state index in [1.807, 2.05) is 16.5 Å². The first-order valence-corrected chi connectivity index (χ1v) is 6.90. The van der Waals surface area contributed by atoms with Gasteiger partial charge in [-0.2, -0.15) is 0 Å². The predicted octanol–water partition coefficient (Wildman–Crippen LogP) is 2.13. The molecule has 4 rings (SSSR count). The Kier molecular flexibility index (Phi) is 2.59. The Morgan fingerprint density at radius 1 is 1.00 bits per heavy atom. The number of aromatic hydroxyl groups is 2. The van der Waals surface area contributed by atoms with Crippen molar-refractivity contribution in [1.82, 2.24) is 14.4 Å².